The van der Waals surface area contributed by atoms with Crippen LogP contribution in [-0.4, -0.2) is 26.2 Å². The van der Waals surface area contributed by atoms with Crippen LogP contribution < -0.4 is 0 Å². The molecule has 4 heteroatoms. The molecule has 0 amide bonds. The predicted molar refractivity (Wildman–Crippen MR) is 65.0 cm³/mol. The van der Waals surface area contributed by atoms with Crippen LogP contribution in [0, 0.1) is 0 Å². The Morgan fingerprint density at radius 2 is 2.33 bits per heavy atom. The van der Waals surface area contributed by atoms with Crippen molar-refractivity contribution in [2.45, 2.75) is 60.6 Å². The SMILES string of the molecule is CCC1(O)C[C@@]2(CCCCC2I)OC1=O. The summed E-state index contributed by atoms with van der Waals surface area (Å²) in [5.74, 6) is -0.409. The zero-order valence-corrected chi connectivity index (χ0v) is 11.1. The second-order valence-electron chi connectivity index (χ2n) is 4.73. The zero-order valence-electron chi connectivity index (χ0n) is 8.96. The third kappa shape index (κ3) is 1.79. The van der Waals surface area contributed by atoms with Gasteiger partial charge in [0.05, 0.1) is 3.92 Å². The van der Waals surface area contributed by atoms with Crippen molar-refractivity contribution in [3.8, 4) is 0 Å². The molecule has 1 aliphatic heterocycles. The van der Waals surface area contributed by atoms with E-state index in [0.717, 1.165) is 19.3 Å². The van der Waals surface area contributed by atoms with Crippen LogP contribution in [0.15, 0.2) is 0 Å². The molecule has 1 aliphatic carbocycles. The van der Waals surface area contributed by atoms with E-state index in [9.17, 15) is 9.90 Å². The summed E-state index contributed by atoms with van der Waals surface area (Å²) in [7, 11) is 0. The van der Waals surface area contributed by atoms with Crippen LogP contribution in [-0.2, 0) is 9.53 Å². The van der Waals surface area contributed by atoms with Gasteiger partial charge in [-0.05, 0) is 25.7 Å². The van der Waals surface area contributed by atoms with Crippen molar-refractivity contribution in [2.24, 2.45) is 0 Å². The fraction of sp³-hybridized carbons (Fsp3) is 0.909. The molecule has 0 aromatic heterocycles. The van der Waals surface area contributed by atoms with Gasteiger partial charge in [-0.2, -0.15) is 0 Å². The minimum atomic E-state index is -1.22. The lowest BCUT2D eigenvalue weighted by atomic mass is 9.78. The Morgan fingerprint density at radius 1 is 1.60 bits per heavy atom. The van der Waals surface area contributed by atoms with Crippen molar-refractivity contribution in [3.63, 3.8) is 0 Å². The Labute approximate surface area is 104 Å². The molecule has 1 spiro atoms. The molecule has 0 aromatic rings. The van der Waals surface area contributed by atoms with Crippen molar-refractivity contribution in [2.75, 3.05) is 0 Å². The number of rotatable bonds is 1. The molecule has 0 aromatic carbocycles. The van der Waals surface area contributed by atoms with Crippen LogP contribution in [0.4, 0.5) is 0 Å². The first kappa shape index (κ1) is 11.6. The van der Waals surface area contributed by atoms with Gasteiger partial charge in [-0.3, -0.25) is 0 Å². The standard InChI is InChI=1S/C11H17IO3/c1-2-10(14)7-11(15-9(10)13)6-4-3-5-8(11)12/h8,14H,2-7H2,1H3/t8?,10?,11-/m1/s1. The molecule has 1 saturated carbocycles. The number of esters is 1. The first-order chi connectivity index (χ1) is 7.02. The van der Waals surface area contributed by atoms with Crippen molar-refractivity contribution in [3.05, 3.63) is 0 Å². The van der Waals surface area contributed by atoms with Gasteiger partial charge in [0.15, 0.2) is 5.60 Å². The largest absolute Gasteiger partial charge is 0.456 e. The van der Waals surface area contributed by atoms with Crippen LogP contribution in [0.25, 0.3) is 0 Å². The summed E-state index contributed by atoms with van der Waals surface area (Å²) in [6.07, 6.45) is 5.26. The molecule has 0 radical (unpaired) electrons. The minimum absolute atomic E-state index is 0.355. The molecule has 2 aliphatic rings. The van der Waals surface area contributed by atoms with Gasteiger partial charge in [0.1, 0.15) is 5.60 Å². The highest BCUT2D eigenvalue weighted by atomic mass is 127. The highest BCUT2D eigenvalue weighted by Gasteiger charge is 2.58. The van der Waals surface area contributed by atoms with Gasteiger partial charge < -0.3 is 9.84 Å². The number of hydrogen-bond donors (Lipinski definition) is 1. The average Bonchev–Trinajstić information content (AvgIpc) is 2.46. The number of ether oxygens (including phenoxy) is 1. The Hall–Kier alpha value is 0.160. The molecule has 2 fully saturated rings. The Balaban J connectivity index is 2.22. The van der Waals surface area contributed by atoms with Gasteiger partial charge in [-0.25, -0.2) is 4.79 Å². The molecular formula is C11H17IO3. The average molecular weight is 324 g/mol. The van der Waals surface area contributed by atoms with E-state index in [1.165, 1.54) is 6.42 Å². The van der Waals surface area contributed by atoms with Gasteiger partial charge in [0.2, 0.25) is 0 Å². The highest BCUT2D eigenvalue weighted by molar-refractivity contribution is 14.1. The van der Waals surface area contributed by atoms with Gasteiger partial charge in [-0.15, -0.1) is 0 Å². The van der Waals surface area contributed by atoms with Crippen LogP contribution in [0.3, 0.4) is 0 Å². The summed E-state index contributed by atoms with van der Waals surface area (Å²) in [5, 5.41) is 10.1. The Kier molecular flexibility index (Phi) is 3.01. The number of carbonyl (C=O) groups is 1. The predicted octanol–water partition coefficient (Wildman–Crippen LogP) is 2.19. The Bertz CT molecular complexity index is 281. The molecule has 3 nitrogen and oxygen atoms in total. The molecular weight excluding hydrogens is 307 g/mol. The molecule has 86 valence electrons. The van der Waals surface area contributed by atoms with Gasteiger partial charge in [0, 0.05) is 6.42 Å². The van der Waals surface area contributed by atoms with Crippen LogP contribution in [0.2, 0.25) is 0 Å². The van der Waals surface area contributed by atoms with E-state index in [1.54, 1.807) is 0 Å². The fourth-order valence-corrected chi connectivity index (χ4v) is 3.73. The van der Waals surface area contributed by atoms with E-state index >= 15 is 0 Å². The number of carbonyl (C=O) groups excluding carboxylic acids is 1. The number of alkyl halides is 1. The third-order valence-electron chi connectivity index (χ3n) is 3.73. The maximum absolute atomic E-state index is 11.7. The van der Waals surface area contributed by atoms with Crippen molar-refractivity contribution in [1.29, 1.82) is 0 Å². The molecule has 3 atom stereocenters. The number of halogens is 1. The summed E-state index contributed by atoms with van der Waals surface area (Å²) < 4.78 is 5.87. The van der Waals surface area contributed by atoms with Crippen molar-refractivity contribution in [1.82, 2.24) is 0 Å². The fourth-order valence-electron chi connectivity index (χ4n) is 2.63. The lowest BCUT2D eigenvalue weighted by Gasteiger charge is -2.36. The topological polar surface area (TPSA) is 46.5 Å². The second kappa shape index (κ2) is 3.87. The van der Waals surface area contributed by atoms with Gasteiger partial charge in [0.25, 0.3) is 0 Å². The first-order valence-electron chi connectivity index (χ1n) is 5.62. The highest BCUT2D eigenvalue weighted by Crippen LogP contribution is 2.47. The maximum atomic E-state index is 11.7. The first-order valence-corrected chi connectivity index (χ1v) is 6.87. The van der Waals surface area contributed by atoms with Crippen LogP contribution >= 0.6 is 22.6 Å². The maximum Gasteiger partial charge on any atom is 0.338 e. The van der Waals surface area contributed by atoms with E-state index in [0.29, 0.717) is 16.8 Å². The van der Waals surface area contributed by atoms with E-state index in [2.05, 4.69) is 22.6 Å². The quantitative estimate of drug-likeness (QED) is 0.457. The molecule has 1 heterocycles. The summed E-state index contributed by atoms with van der Waals surface area (Å²) in [6, 6.07) is 0. The van der Waals surface area contributed by atoms with E-state index in [4.69, 9.17) is 4.74 Å². The molecule has 2 rings (SSSR count). The van der Waals surface area contributed by atoms with E-state index < -0.39 is 11.6 Å². The third-order valence-corrected chi connectivity index (χ3v) is 5.49. The van der Waals surface area contributed by atoms with E-state index in [1.807, 2.05) is 6.92 Å². The zero-order chi connectivity index (χ0) is 11.1. The molecule has 0 bridgehead atoms. The summed E-state index contributed by atoms with van der Waals surface area (Å²) in [5.41, 5.74) is -1.60. The smallest absolute Gasteiger partial charge is 0.338 e. The van der Waals surface area contributed by atoms with Gasteiger partial charge >= 0.3 is 5.97 Å². The summed E-state index contributed by atoms with van der Waals surface area (Å²) in [4.78, 5) is 11.7. The molecule has 2 unspecified atom stereocenters. The monoisotopic (exact) mass is 324 g/mol. The van der Waals surface area contributed by atoms with Crippen LogP contribution in [0.5, 0.6) is 0 Å². The lowest BCUT2D eigenvalue weighted by Crippen LogP contribution is -2.42. The molecule has 15 heavy (non-hydrogen) atoms. The number of hydrogen-bond acceptors (Lipinski definition) is 3. The summed E-state index contributed by atoms with van der Waals surface area (Å²) >= 11 is 2.37. The van der Waals surface area contributed by atoms with Crippen LogP contribution in [0.1, 0.15) is 45.4 Å². The van der Waals surface area contributed by atoms with E-state index in [-0.39, 0.29) is 5.60 Å². The minimum Gasteiger partial charge on any atom is -0.456 e. The number of aliphatic hydroxyl groups is 1. The van der Waals surface area contributed by atoms with Crippen molar-refractivity contribution < 1.29 is 14.6 Å². The molecule has 1 N–H and O–H groups in total. The molecule has 1 saturated heterocycles. The van der Waals surface area contributed by atoms with Crippen molar-refractivity contribution >= 4 is 28.6 Å². The second-order valence-corrected chi connectivity index (χ2v) is 6.23. The lowest BCUT2D eigenvalue weighted by molar-refractivity contribution is -0.160. The van der Waals surface area contributed by atoms with Gasteiger partial charge in [-0.1, -0.05) is 35.9 Å². The summed E-state index contributed by atoms with van der Waals surface area (Å²) in [6.45, 7) is 1.84. The Morgan fingerprint density at radius 3 is 2.87 bits per heavy atom. The normalized spacial score (nSPS) is 45.8.